The van der Waals surface area contributed by atoms with Gasteiger partial charge in [0.25, 0.3) is 0 Å². The van der Waals surface area contributed by atoms with Crippen molar-refractivity contribution < 1.29 is 19.3 Å². The molecule has 0 radical (unpaired) electrons. The fourth-order valence-corrected chi connectivity index (χ4v) is 4.30. The molecule has 4 rings (SSSR count). The van der Waals surface area contributed by atoms with Gasteiger partial charge in [0.2, 0.25) is 5.88 Å². The monoisotopic (exact) mass is 498 g/mol. The van der Waals surface area contributed by atoms with Crippen molar-refractivity contribution in [2.45, 2.75) is 25.9 Å². The highest BCUT2D eigenvalue weighted by Crippen LogP contribution is 2.47. The highest BCUT2D eigenvalue weighted by atomic mass is 35.5. The number of hydrogen-bond acceptors (Lipinski definition) is 4. The Morgan fingerprint density at radius 3 is 2.41 bits per heavy atom. The van der Waals surface area contributed by atoms with Crippen LogP contribution in [0.25, 0.3) is 22.4 Å². The zero-order valence-corrected chi connectivity index (χ0v) is 20.9. The van der Waals surface area contributed by atoms with E-state index in [-0.39, 0.29) is 28.8 Å². The van der Waals surface area contributed by atoms with Crippen LogP contribution in [-0.4, -0.2) is 20.0 Å². The number of benzene rings is 3. The van der Waals surface area contributed by atoms with Crippen molar-refractivity contribution in [1.29, 1.82) is 0 Å². The number of ether oxygens (including phenoxy) is 1. The lowest BCUT2D eigenvalue weighted by Gasteiger charge is -2.20. The molecule has 0 spiro atoms. The van der Waals surface area contributed by atoms with Crippen molar-refractivity contribution in [1.82, 2.24) is 9.78 Å². The summed E-state index contributed by atoms with van der Waals surface area (Å²) in [4.78, 5) is 0. The third-order valence-electron chi connectivity index (χ3n) is 5.57. The van der Waals surface area contributed by atoms with Gasteiger partial charge in [-0.2, -0.15) is 5.10 Å². The fourth-order valence-electron chi connectivity index (χ4n) is 3.67. The van der Waals surface area contributed by atoms with E-state index < -0.39 is 5.41 Å². The van der Waals surface area contributed by atoms with Crippen LogP contribution in [0.4, 0.5) is 4.39 Å². The Morgan fingerprint density at radius 1 is 1.09 bits per heavy atom. The van der Waals surface area contributed by atoms with E-state index in [1.54, 1.807) is 37.4 Å². The maximum atomic E-state index is 14.8. The van der Waals surface area contributed by atoms with Crippen molar-refractivity contribution in [3.05, 3.63) is 82.4 Å². The minimum atomic E-state index is -1.77. The Labute approximate surface area is 205 Å². The van der Waals surface area contributed by atoms with Crippen LogP contribution in [0.5, 0.6) is 17.4 Å². The molecule has 0 aliphatic heterocycles. The second-order valence-electron chi connectivity index (χ2n) is 8.39. The summed E-state index contributed by atoms with van der Waals surface area (Å²) in [6, 6.07) is 17.7. The second kappa shape index (κ2) is 9.28. The van der Waals surface area contributed by atoms with E-state index in [0.717, 1.165) is 11.1 Å². The van der Waals surface area contributed by atoms with E-state index in [9.17, 15) is 14.6 Å². The normalized spacial score (nSPS) is 13.0. The maximum Gasteiger partial charge on any atom is 0.209 e. The van der Waals surface area contributed by atoms with Crippen LogP contribution in [-0.2, 0) is 19.1 Å². The predicted octanol–water partition coefficient (Wildman–Crippen LogP) is 6.72. The molecule has 5 nitrogen and oxygen atoms in total. The van der Waals surface area contributed by atoms with Gasteiger partial charge in [-0.15, -0.1) is 0 Å². The van der Waals surface area contributed by atoms with Crippen molar-refractivity contribution in [2.24, 2.45) is 7.05 Å². The van der Waals surface area contributed by atoms with Gasteiger partial charge in [-0.25, -0.2) is 9.07 Å². The van der Waals surface area contributed by atoms with Gasteiger partial charge in [0.05, 0.1) is 11.3 Å². The smallest absolute Gasteiger partial charge is 0.209 e. The first-order valence-electron chi connectivity index (χ1n) is 10.6. The van der Waals surface area contributed by atoms with Crippen molar-refractivity contribution in [3.63, 3.8) is 0 Å². The van der Waals surface area contributed by atoms with Crippen LogP contribution < -0.4 is 4.74 Å². The summed E-state index contributed by atoms with van der Waals surface area (Å²) in [5, 5.41) is 24.1. The lowest BCUT2D eigenvalue weighted by Crippen LogP contribution is -2.06. The first-order valence-corrected chi connectivity index (χ1v) is 11.6. The molecule has 4 aromatic rings. The summed E-state index contributed by atoms with van der Waals surface area (Å²) in [6.45, 7) is 3.68. The van der Waals surface area contributed by atoms with E-state index in [4.69, 9.17) is 16.3 Å². The molecule has 1 aromatic heterocycles. The van der Waals surface area contributed by atoms with Gasteiger partial charge in [0.1, 0.15) is 23.5 Å². The number of hydrogen-bond donors (Lipinski definition) is 2. The minimum absolute atomic E-state index is 0.0411. The number of phenols is 1. The molecule has 0 saturated carbocycles. The molecule has 0 saturated heterocycles. The highest BCUT2D eigenvalue weighted by molar-refractivity contribution is 7.18. The molecule has 0 amide bonds. The van der Waals surface area contributed by atoms with E-state index in [1.807, 2.05) is 31.2 Å². The average Bonchev–Trinajstić information content (AvgIpc) is 3.11. The Kier molecular flexibility index (Phi) is 6.57. The number of aryl methyl sites for hydroxylation is 2. The lowest BCUT2D eigenvalue weighted by molar-refractivity contribution is 0.306. The van der Waals surface area contributed by atoms with Crippen LogP contribution in [0.2, 0.25) is 5.02 Å². The van der Waals surface area contributed by atoms with Crippen molar-refractivity contribution >= 4 is 20.8 Å². The van der Waals surface area contributed by atoms with Gasteiger partial charge in [-0.05, 0) is 49.2 Å². The largest absolute Gasteiger partial charge is 0.506 e. The molecular formula is C26H25ClFN2O3P. The maximum absolute atomic E-state index is 14.8. The second-order valence-corrected chi connectivity index (χ2v) is 9.88. The summed E-state index contributed by atoms with van der Waals surface area (Å²) < 4.78 is 22.2. The molecule has 2 N–H and O–H groups in total. The molecule has 0 bridgehead atoms. The molecule has 1 heterocycles. The zero-order valence-electron chi connectivity index (χ0n) is 19.0. The molecule has 34 heavy (non-hydrogen) atoms. The molecule has 8 heteroatoms. The van der Waals surface area contributed by atoms with Crippen LogP contribution in [0.15, 0.2) is 60.7 Å². The minimum Gasteiger partial charge on any atom is -0.506 e. The molecule has 0 fully saturated rings. The Morgan fingerprint density at radius 2 is 1.79 bits per heavy atom. The molecule has 0 aliphatic carbocycles. The predicted molar refractivity (Wildman–Crippen MR) is 136 cm³/mol. The van der Waals surface area contributed by atoms with E-state index in [2.05, 4.69) is 14.3 Å². The third-order valence-corrected chi connectivity index (χ3v) is 6.21. The number of phenolic OH excluding ortho intramolecular Hbond substituents is 1. The lowest BCUT2D eigenvalue weighted by atomic mass is 9.96. The quantitative estimate of drug-likeness (QED) is 0.289. The van der Waals surface area contributed by atoms with Crippen LogP contribution in [0.1, 0.15) is 23.6 Å². The Bertz CT molecular complexity index is 1330. The zero-order chi connectivity index (χ0) is 24.6. The highest BCUT2D eigenvalue weighted by Gasteiger charge is 2.25. The summed E-state index contributed by atoms with van der Waals surface area (Å²) in [7, 11) is 3.74. The number of halogens is 2. The van der Waals surface area contributed by atoms with Crippen molar-refractivity contribution in [2.75, 3.05) is 0 Å². The summed E-state index contributed by atoms with van der Waals surface area (Å²) >= 11 is 6.26. The molecule has 2 unspecified atom stereocenters. The number of nitrogens with zero attached hydrogens (tertiary/aromatic N) is 2. The first-order chi connectivity index (χ1) is 16.0. The van der Waals surface area contributed by atoms with Gasteiger partial charge in [-0.3, -0.25) is 0 Å². The van der Waals surface area contributed by atoms with Crippen molar-refractivity contribution in [3.8, 4) is 39.8 Å². The number of aromatic hydroxyl groups is 2. The molecule has 0 aliphatic rings. The number of alkyl halides is 1. The third kappa shape index (κ3) is 4.89. The van der Waals surface area contributed by atoms with Gasteiger partial charge in [0.15, 0.2) is 0 Å². The summed E-state index contributed by atoms with van der Waals surface area (Å²) in [5.41, 5.74) is 4.07. The van der Waals surface area contributed by atoms with E-state index in [1.165, 1.54) is 17.7 Å². The van der Waals surface area contributed by atoms with Gasteiger partial charge >= 0.3 is 0 Å². The average molecular weight is 499 g/mol. The van der Waals surface area contributed by atoms with Gasteiger partial charge in [-0.1, -0.05) is 56.7 Å². The van der Waals surface area contributed by atoms with Gasteiger partial charge < -0.3 is 14.9 Å². The summed E-state index contributed by atoms with van der Waals surface area (Å²) in [5.74, 6) is 0.275. The van der Waals surface area contributed by atoms with Crippen LogP contribution in [0.3, 0.4) is 0 Å². The number of rotatable bonds is 6. The Balaban J connectivity index is 1.85. The summed E-state index contributed by atoms with van der Waals surface area (Å²) in [6.07, 6.45) is 0. The molecular weight excluding hydrogens is 474 g/mol. The molecule has 176 valence electrons. The van der Waals surface area contributed by atoms with Crippen LogP contribution >= 0.6 is 20.8 Å². The first kappa shape index (κ1) is 24.1. The SMILES string of the molecule is Cc1ccc(COc2ccc(-c3cc(O)n(C)n3)c(O)c2-c2ccc(Cl)c(C(C)(F)P)c2)cc1. The standard InChI is InChI=1S/C26H25ClFN2O3P/c1-15-4-6-16(7-5-15)14-33-22-11-9-18(21-13-23(31)30(3)29-21)25(32)24(22)17-8-10-20(27)19(12-17)26(2,28)34/h4-13,31-32H,14,34H2,1-3H3. The molecule has 2 atom stereocenters. The molecule has 3 aromatic carbocycles. The van der Waals surface area contributed by atoms with E-state index >= 15 is 0 Å². The number of aromatic nitrogens is 2. The Hall–Kier alpha value is -3.08. The van der Waals surface area contributed by atoms with Gasteiger partial charge in [0, 0.05) is 29.3 Å². The fraction of sp³-hybridized carbons (Fsp3) is 0.192. The van der Waals surface area contributed by atoms with E-state index in [0.29, 0.717) is 28.1 Å². The van der Waals surface area contributed by atoms with Crippen LogP contribution in [0, 0.1) is 6.92 Å². The topological polar surface area (TPSA) is 67.5 Å².